The number of carbonyl (C=O) groups is 3. The number of carbonyl (C=O) groups excluding carboxylic acids is 3. The number of ether oxygens (including phenoxy) is 1. The Balaban J connectivity index is 2.51. The molecule has 168 valence electrons. The topological polar surface area (TPSA) is 60.4 Å². The van der Waals surface area contributed by atoms with Gasteiger partial charge in [-0.15, -0.1) is 19.7 Å². The fraction of sp³-hybridized carbons (Fsp3) is 0.393. The lowest BCUT2D eigenvalue weighted by Crippen LogP contribution is -2.68. The zero-order valence-corrected chi connectivity index (χ0v) is 19.3. The van der Waals surface area contributed by atoms with Crippen molar-refractivity contribution in [2.75, 3.05) is 7.11 Å². The van der Waals surface area contributed by atoms with Gasteiger partial charge in [0, 0.05) is 11.1 Å². The molecule has 0 radical (unpaired) electrons. The molecule has 1 aromatic rings. The molecule has 1 saturated carbocycles. The molecule has 0 aromatic heterocycles. The van der Waals surface area contributed by atoms with Gasteiger partial charge in [0.1, 0.15) is 5.76 Å². The molecule has 2 bridgehead atoms. The van der Waals surface area contributed by atoms with Gasteiger partial charge in [-0.2, -0.15) is 0 Å². The van der Waals surface area contributed by atoms with Gasteiger partial charge in [-0.05, 0) is 37.0 Å². The van der Waals surface area contributed by atoms with Gasteiger partial charge < -0.3 is 4.74 Å². The molecule has 32 heavy (non-hydrogen) atoms. The molecule has 0 spiro atoms. The van der Waals surface area contributed by atoms with Crippen molar-refractivity contribution < 1.29 is 19.1 Å². The second kappa shape index (κ2) is 8.50. The predicted molar refractivity (Wildman–Crippen MR) is 126 cm³/mol. The van der Waals surface area contributed by atoms with E-state index in [1.807, 2.05) is 19.9 Å². The van der Waals surface area contributed by atoms with Gasteiger partial charge in [-0.25, -0.2) is 0 Å². The molecular weight excluding hydrogens is 400 g/mol. The number of methoxy groups -OCH3 is 1. The van der Waals surface area contributed by atoms with Crippen LogP contribution in [0.4, 0.5) is 0 Å². The summed E-state index contributed by atoms with van der Waals surface area (Å²) in [4.78, 5) is 42.7. The Morgan fingerprint density at radius 2 is 1.75 bits per heavy atom. The molecule has 4 nitrogen and oxygen atoms in total. The Morgan fingerprint density at radius 1 is 1.09 bits per heavy atom. The van der Waals surface area contributed by atoms with E-state index in [0.717, 1.165) is 0 Å². The van der Waals surface area contributed by atoms with Crippen LogP contribution in [0.2, 0.25) is 0 Å². The van der Waals surface area contributed by atoms with E-state index >= 15 is 0 Å². The third kappa shape index (κ3) is 2.92. The van der Waals surface area contributed by atoms with Crippen LogP contribution in [0.25, 0.3) is 0 Å². The SMILES string of the molecule is C=CCC1=C(OC)[C@@]2(C(=O)c3ccccc3)C(=O)[C@](CC=C)(C[C@H](CC=C)C2(C)C)C1=O. The molecule has 1 aromatic carbocycles. The minimum atomic E-state index is -1.63. The lowest BCUT2D eigenvalue weighted by molar-refractivity contribution is -0.164. The quantitative estimate of drug-likeness (QED) is 0.287. The van der Waals surface area contributed by atoms with Crippen LogP contribution in [0.3, 0.4) is 0 Å². The molecule has 0 aliphatic heterocycles. The predicted octanol–water partition coefficient (Wildman–Crippen LogP) is 5.67. The van der Waals surface area contributed by atoms with Crippen LogP contribution >= 0.6 is 0 Å². The highest BCUT2D eigenvalue weighted by Crippen LogP contribution is 2.66. The van der Waals surface area contributed by atoms with E-state index in [4.69, 9.17) is 4.74 Å². The standard InChI is InChI=1S/C28H32O4/c1-7-13-20-18-27(17-9-3)23(30)21(14-8-2)24(32-6)28(25(27)31,26(20,4)5)22(29)19-15-11-10-12-16-19/h7-12,15-16,20H,1-3,13-14,17-18H2,4-6H3/t20-,27+,28-/m0/s1. The molecule has 3 rings (SSSR count). The van der Waals surface area contributed by atoms with E-state index < -0.39 is 16.2 Å². The summed E-state index contributed by atoms with van der Waals surface area (Å²) >= 11 is 0. The normalized spacial score (nSPS) is 28.8. The Hall–Kier alpha value is -3.01. The Morgan fingerprint density at radius 3 is 2.28 bits per heavy atom. The molecular formula is C28H32O4. The molecule has 0 unspecified atom stereocenters. The average Bonchev–Trinajstić information content (AvgIpc) is 2.78. The zero-order valence-electron chi connectivity index (χ0n) is 19.3. The van der Waals surface area contributed by atoms with Crippen molar-refractivity contribution in [3.05, 3.63) is 85.2 Å². The van der Waals surface area contributed by atoms with E-state index in [9.17, 15) is 14.4 Å². The fourth-order valence-corrected chi connectivity index (χ4v) is 5.94. The van der Waals surface area contributed by atoms with Gasteiger partial charge >= 0.3 is 0 Å². The van der Waals surface area contributed by atoms with Crippen molar-refractivity contribution in [2.45, 2.75) is 39.5 Å². The number of ketones is 3. The number of Topliss-reactive ketones (excluding diaryl/α,β-unsaturated/α-hetero) is 3. The van der Waals surface area contributed by atoms with Gasteiger partial charge in [0.2, 0.25) is 0 Å². The average molecular weight is 433 g/mol. The molecule has 1 fully saturated rings. The van der Waals surface area contributed by atoms with Crippen LogP contribution in [0.15, 0.2) is 79.6 Å². The maximum Gasteiger partial charge on any atom is 0.184 e. The molecule has 0 heterocycles. The van der Waals surface area contributed by atoms with Crippen molar-refractivity contribution in [1.29, 1.82) is 0 Å². The number of benzene rings is 1. The highest BCUT2D eigenvalue weighted by Gasteiger charge is 2.74. The summed E-state index contributed by atoms with van der Waals surface area (Å²) in [6.45, 7) is 15.4. The second-order valence-corrected chi connectivity index (χ2v) is 9.33. The lowest BCUT2D eigenvalue weighted by Gasteiger charge is -2.60. The minimum Gasteiger partial charge on any atom is -0.499 e. The summed E-state index contributed by atoms with van der Waals surface area (Å²) < 4.78 is 5.83. The van der Waals surface area contributed by atoms with E-state index in [0.29, 0.717) is 24.0 Å². The number of fused-ring (bicyclic) bond motifs is 2. The molecule has 0 saturated heterocycles. The first-order chi connectivity index (χ1) is 15.2. The summed E-state index contributed by atoms with van der Waals surface area (Å²) in [7, 11) is 1.44. The molecule has 2 aliphatic rings. The lowest BCUT2D eigenvalue weighted by atomic mass is 9.39. The monoisotopic (exact) mass is 432 g/mol. The summed E-state index contributed by atoms with van der Waals surface area (Å²) in [6, 6.07) is 8.80. The van der Waals surface area contributed by atoms with Crippen molar-refractivity contribution in [3.63, 3.8) is 0 Å². The van der Waals surface area contributed by atoms with Crippen molar-refractivity contribution in [1.82, 2.24) is 0 Å². The maximum atomic E-state index is 14.5. The van der Waals surface area contributed by atoms with Crippen molar-refractivity contribution >= 4 is 17.3 Å². The number of allylic oxidation sites excluding steroid dienone is 5. The maximum absolute atomic E-state index is 14.5. The Labute approximate surface area is 190 Å². The molecule has 4 heteroatoms. The molecule has 0 N–H and O–H groups in total. The summed E-state index contributed by atoms with van der Waals surface area (Å²) in [6.07, 6.45) is 6.34. The molecule has 0 amide bonds. The van der Waals surface area contributed by atoms with Crippen LogP contribution in [0.1, 0.15) is 49.9 Å². The zero-order chi connectivity index (χ0) is 23.7. The summed E-state index contributed by atoms with van der Waals surface area (Å²) in [5, 5.41) is 0. The second-order valence-electron chi connectivity index (χ2n) is 9.33. The first-order valence-corrected chi connectivity index (χ1v) is 11.0. The first kappa shape index (κ1) is 23.6. The number of hydrogen-bond acceptors (Lipinski definition) is 4. The van der Waals surface area contributed by atoms with Gasteiger partial charge in [0.05, 0.1) is 12.5 Å². The first-order valence-electron chi connectivity index (χ1n) is 11.0. The van der Waals surface area contributed by atoms with E-state index in [2.05, 4.69) is 19.7 Å². The van der Waals surface area contributed by atoms with Gasteiger partial charge in [0.15, 0.2) is 22.8 Å². The Bertz CT molecular complexity index is 1010. The summed E-state index contributed by atoms with van der Waals surface area (Å²) in [5.74, 6) is -0.954. The van der Waals surface area contributed by atoms with Crippen LogP contribution < -0.4 is 0 Å². The third-order valence-corrected chi connectivity index (χ3v) is 7.55. The van der Waals surface area contributed by atoms with Crippen LogP contribution in [-0.4, -0.2) is 24.5 Å². The highest BCUT2D eigenvalue weighted by atomic mass is 16.5. The largest absolute Gasteiger partial charge is 0.499 e. The Kier molecular flexibility index (Phi) is 6.28. The number of rotatable bonds is 9. The van der Waals surface area contributed by atoms with Crippen LogP contribution in [0.5, 0.6) is 0 Å². The number of hydrogen-bond donors (Lipinski definition) is 0. The van der Waals surface area contributed by atoms with Crippen LogP contribution in [0, 0.1) is 22.2 Å². The summed E-state index contributed by atoms with van der Waals surface area (Å²) in [5.41, 5.74) is -3.03. The minimum absolute atomic E-state index is 0.135. The van der Waals surface area contributed by atoms with Crippen molar-refractivity contribution in [2.24, 2.45) is 22.2 Å². The third-order valence-electron chi connectivity index (χ3n) is 7.55. The molecule has 2 aliphatic carbocycles. The van der Waals surface area contributed by atoms with Gasteiger partial charge in [-0.1, -0.05) is 62.4 Å². The van der Waals surface area contributed by atoms with Crippen LogP contribution in [-0.2, 0) is 14.3 Å². The van der Waals surface area contributed by atoms with E-state index in [-0.39, 0.29) is 41.9 Å². The smallest absolute Gasteiger partial charge is 0.184 e. The highest BCUT2D eigenvalue weighted by molar-refractivity contribution is 6.30. The fourth-order valence-electron chi connectivity index (χ4n) is 5.94. The molecule has 3 atom stereocenters. The van der Waals surface area contributed by atoms with E-state index in [1.54, 1.807) is 42.5 Å². The van der Waals surface area contributed by atoms with Gasteiger partial charge in [-0.3, -0.25) is 14.4 Å². The van der Waals surface area contributed by atoms with Crippen molar-refractivity contribution in [3.8, 4) is 0 Å². The van der Waals surface area contributed by atoms with Gasteiger partial charge in [0.25, 0.3) is 0 Å². The van der Waals surface area contributed by atoms with E-state index in [1.165, 1.54) is 7.11 Å².